The SMILES string of the molecule is CC(=O)O[C@@H]1CCn2ccnc21. The molecule has 12 heavy (non-hydrogen) atoms. The Labute approximate surface area is 70.2 Å². The molecule has 0 bridgehead atoms. The number of imidazole rings is 1. The van der Waals surface area contributed by atoms with Crippen LogP contribution in [0.3, 0.4) is 0 Å². The van der Waals surface area contributed by atoms with E-state index in [0.717, 1.165) is 18.8 Å². The van der Waals surface area contributed by atoms with Gasteiger partial charge in [0.25, 0.3) is 0 Å². The number of rotatable bonds is 1. The first-order chi connectivity index (χ1) is 5.77. The lowest BCUT2D eigenvalue weighted by Gasteiger charge is -2.07. The lowest BCUT2D eigenvalue weighted by atomic mass is 10.3. The fourth-order valence-corrected chi connectivity index (χ4v) is 1.50. The summed E-state index contributed by atoms with van der Waals surface area (Å²) in [4.78, 5) is 14.8. The minimum Gasteiger partial charge on any atom is -0.454 e. The number of carbonyl (C=O) groups is 1. The van der Waals surface area contributed by atoms with Crippen LogP contribution < -0.4 is 0 Å². The number of fused-ring (bicyclic) bond motifs is 1. The highest BCUT2D eigenvalue weighted by Crippen LogP contribution is 2.26. The molecule has 4 nitrogen and oxygen atoms in total. The van der Waals surface area contributed by atoms with Gasteiger partial charge in [0.15, 0.2) is 6.10 Å². The zero-order chi connectivity index (χ0) is 8.55. The van der Waals surface area contributed by atoms with E-state index < -0.39 is 0 Å². The molecule has 0 saturated heterocycles. The Morgan fingerprint density at radius 3 is 3.42 bits per heavy atom. The number of aryl methyl sites for hydroxylation is 1. The van der Waals surface area contributed by atoms with Crippen molar-refractivity contribution in [2.45, 2.75) is 26.0 Å². The van der Waals surface area contributed by atoms with Crippen LogP contribution in [0.2, 0.25) is 0 Å². The Hall–Kier alpha value is -1.32. The summed E-state index contributed by atoms with van der Waals surface area (Å²) in [6.45, 7) is 2.32. The van der Waals surface area contributed by atoms with E-state index in [0.29, 0.717) is 0 Å². The van der Waals surface area contributed by atoms with E-state index >= 15 is 0 Å². The van der Waals surface area contributed by atoms with Gasteiger partial charge < -0.3 is 9.30 Å². The van der Waals surface area contributed by atoms with Gasteiger partial charge in [-0.2, -0.15) is 0 Å². The summed E-state index contributed by atoms with van der Waals surface area (Å²) in [7, 11) is 0. The average molecular weight is 166 g/mol. The minimum absolute atomic E-state index is 0.127. The Morgan fingerprint density at radius 1 is 1.83 bits per heavy atom. The molecule has 0 fully saturated rings. The van der Waals surface area contributed by atoms with Crippen molar-refractivity contribution < 1.29 is 9.53 Å². The smallest absolute Gasteiger partial charge is 0.303 e. The molecule has 64 valence electrons. The minimum atomic E-state index is -0.239. The number of hydrogen-bond donors (Lipinski definition) is 0. The fourth-order valence-electron chi connectivity index (χ4n) is 1.50. The van der Waals surface area contributed by atoms with Gasteiger partial charge in [-0.05, 0) is 0 Å². The van der Waals surface area contributed by atoms with Gasteiger partial charge >= 0.3 is 5.97 Å². The number of ether oxygens (including phenoxy) is 1. The van der Waals surface area contributed by atoms with Gasteiger partial charge in [-0.3, -0.25) is 4.79 Å². The predicted octanol–water partition coefficient (Wildman–Crippen LogP) is 0.891. The largest absolute Gasteiger partial charge is 0.454 e. The lowest BCUT2D eigenvalue weighted by Crippen LogP contribution is -2.06. The molecule has 4 heteroatoms. The molecule has 1 aliphatic heterocycles. The van der Waals surface area contributed by atoms with Crippen LogP contribution in [0.1, 0.15) is 25.3 Å². The van der Waals surface area contributed by atoms with Crippen LogP contribution >= 0.6 is 0 Å². The maximum atomic E-state index is 10.7. The highest BCUT2D eigenvalue weighted by molar-refractivity contribution is 5.66. The van der Waals surface area contributed by atoms with Crippen LogP contribution in [0.4, 0.5) is 0 Å². The third-order valence-corrected chi connectivity index (χ3v) is 1.98. The summed E-state index contributed by atoms with van der Waals surface area (Å²) in [5, 5.41) is 0. The summed E-state index contributed by atoms with van der Waals surface area (Å²) in [6.07, 6.45) is 4.35. The van der Waals surface area contributed by atoms with E-state index in [2.05, 4.69) is 4.98 Å². The third kappa shape index (κ3) is 1.09. The quantitative estimate of drug-likeness (QED) is 0.582. The summed E-state index contributed by atoms with van der Waals surface area (Å²) >= 11 is 0. The third-order valence-electron chi connectivity index (χ3n) is 1.98. The topological polar surface area (TPSA) is 44.1 Å². The van der Waals surface area contributed by atoms with Gasteiger partial charge in [0.1, 0.15) is 5.82 Å². The lowest BCUT2D eigenvalue weighted by molar-refractivity contribution is -0.146. The van der Waals surface area contributed by atoms with Gasteiger partial charge in [-0.25, -0.2) is 4.98 Å². The van der Waals surface area contributed by atoms with Gasteiger partial charge in [-0.15, -0.1) is 0 Å². The molecular formula is C8H10N2O2. The van der Waals surface area contributed by atoms with E-state index in [-0.39, 0.29) is 12.1 Å². The van der Waals surface area contributed by atoms with Crippen molar-refractivity contribution in [2.24, 2.45) is 0 Å². The number of aromatic nitrogens is 2. The Morgan fingerprint density at radius 2 is 2.67 bits per heavy atom. The molecular weight excluding hydrogens is 156 g/mol. The Balaban J connectivity index is 2.17. The van der Waals surface area contributed by atoms with Crippen molar-refractivity contribution in [3.8, 4) is 0 Å². The molecule has 0 amide bonds. The van der Waals surface area contributed by atoms with E-state index in [4.69, 9.17) is 4.74 Å². The van der Waals surface area contributed by atoms with Gasteiger partial charge in [0.05, 0.1) is 0 Å². The molecule has 1 aromatic rings. The summed E-state index contributed by atoms with van der Waals surface area (Å²) in [6, 6.07) is 0. The zero-order valence-corrected chi connectivity index (χ0v) is 6.86. The molecule has 0 saturated carbocycles. The van der Waals surface area contributed by atoms with Crippen molar-refractivity contribution >= 4 is 5.97 Å². The highest BCUT2D eigenvalue weighted by atomic mass is 16.5. The number of nitrogens with zero attached hydrogens (tertiary/aromatic N) is 2. The van der Waals surface area contributed by atoms with Gasteiger partial charge in [0, 0.05) is 32.3 Å². The molecule has 2 heterocycles. The van der Waals surface area contributed by atoms with E-state index in [1.165, 1.54) is 6.92 Å². The maximum Gasteiger partial charge on any atom is 0.303 e. The van der Waals surface area contributed by atoms with Crippen LogP contribution in [-0.2, 0) is 16.1 Å². The first-order valence-electron chi connectivity index (χ1n) is 3.95. The maximum absolute atomic E-state index is 10.7. The number of carbonyl (C=O) groups excluding carboxylic acids is 1. The standard InChI is InChI=1S/C8H10N2O2/c1-6(11)12-7-2-4-10-5-3-9-8(7)10/h3,5,7H,2,4H2,1H3/t7-/m1/s1. The van der Waals surface area contributed by atoms with E-state index in [1.807, 2.05) is 10.8 Å². The second-order valence-electron chi connectivity index (χ2n) is 2.87. The van der Waals surface area contributed by atoms with Crippen LogP contribution in [0.5, 0.6) is 0 Å². The normalized spacial score (nSPS) is 20.6. The van der Waals surface area contributed by atoms with Crippen molar-refractivity contribution in [3.05, 3.63) is 18.2 Å². The molecule has 2 rings (SSSR count). The van der Waals surface area contributed by atoms with E-state index in [1.54, 1.807) is 6.20 Å². The van der Waals surface area contributed by atoms with E-state index in [9.17, 15) is 4.79 Å². The Bertz CT molecular complexity index is 306. The van der Waals surface area contributed by atoms with Crippen LogP contribution in [-0.4, -0.2) is 15.5 Å². The molecule has 0 N–H and O–H groups in total. The van der Waals surface area contributed by atoms with Crippen molar-refractivity contribution in [3.63, 3.8) is 0 Å². The monoisotopic (exact) mass is 166 g/mol. The molecule has 1 aliphatic rings. The van der Waals surface area contributed by atoms with Crippen molar-refractivity contribution in [1.82, 2.24) is 9.55 Å². The second-order valence-corrected chi connectivity index (χ2v) is 2.87. The fraction of sp³-hybridized carbons (Fsp3) is 0.500. The zero-order valence-electron chi connectivity index (χ0n) is 6.86. The highest BCUT2D eigenvalue weighted by Gasteiger charge is 2.25. The molecule has 1 aromatic heterocycles. The van der Waals surface area contributed by atoms with Crippen LogP contribution in [0.15, 0.2) is 12.4 Å². The van der Waals surface area contributed by atoms with Crippen LogP contribution in [0, 0.1) is 0 Å². The molecule has 0 aliphatic carbocycles. The number of hydrogen-bond acceptors (Lipinski definition) is 3. The average Bonchev–Trinajstić information content (AvgIpc) is 2.52. The summed E-state index contributed by atoms with van der Waals surface area (Å²) in [5.41, 5.74) is 0. The molecule has 0 unspecified atom stereocenters. The first-order valence-corrected chi connectivity index (χ1v) is 3.95. The van der Waals surface area contributed by atoms with Crippen LogP contribution in [0.25, 0.3) is 0 Å². The Kier molecular flexibility index (Phi) is 1.60. The molecule has 0 radical (unpaired) electrons. The predicted molar refractivity (Wildman–Crippen MR) is 41.4 cm³/mol. The summed E-state index contributed by atoms with van der Waals surface area (Å²) < 4.78 is 7.08. The van der Waals surface area contributed by atoms with Gasteiger partial charge in [0.2, 0.25) is 0 Å². The summed E-state index contributed by atoms with van der Waals surface area (Å²) in [5.74, 6) is 0.627. The number of esters is 1. The molecule has 0 aromatic carbocycles. The second kappa shape index (κ2) is 2.62. The van der Waals surface area contributed by atoms with Crippen molar-refractivity contribution in [1.29, 1.82) is 0 Å². The van der Waals surface area contributed by atoms with Gasteiger partial charge in [-0.1, -0.05) is 0 Å². The molecule has 0 spiro atoms. The first kappa shape index (κ1) is 7.34. The van der Waals surface area contributed by atoms with Crippen molar-refractivity contribution in [2.75, 3.05) is 0 Å². The molecule has 1 atom stereocenters.